The van der Waals surface area contributed by atoms with Gasteiger partial charge < -0.3 is 0 Å². The van der Waals surface area contributed by atoms with Crippen LogP contribution in [-0.4, -0.2) is 42.6 Å². The molecule has 0 aromatic heterocycles. The lowest BCUT2D eigenvalue weighted by molar-refractivity contribution is 0.124. The summed E-state index contributed by atoms with van der Waals surface area (Å²) in [6, 6.07) is 0. The third-order valence-corrected chi connectivity index (χ3v) is 2.09. The fraction of sp³-hybridized carbons (Fsp3) is 1.00. The molecule has 0 spiro atoms. The first-order valence-corrected chi connectivity index (χ1v) is 4.53. The minimum Gasteiger partial charge on any atom is -0.299 e. The van der Waals surface area contributed by atoms with Crippen LogP contribution in [0.15, 0.2) is 5.29 Å². The van der Waals surface area contributed by atoms with Crippen LogP contribution in [0.3, 0.4) is 0 Å². The van der Waals surface area contributed by atoms with E-state index in [0.29, 0.717) is 5.92 Å². The summed E-state index contributed by atoms with van der Waals surface area (Å²) in [4.78, 5) is 12.5. The highest BCUT2D eigenvalue weighted by Crippen LogP contribution is 2.04. The fourth-order valence-electron chi connectivity index (χ4n) is 1.52. The molecule has 1 heterocycles. The molecular formula is C8H17N3O. The molecule has 0 saturated carbocycles. The van der Waals surface area contributed by atoms with Crippen LogP contribution >= 0.6 is 0 Å². The third-order valence-electron chi connectivity index (χ3n) is 2.09. The molecule has 0 aliphatic carbocycles. The quantitative estimate of drug-likeness (QED) is 0.593. The van der Waals surface area contributed by atoms with Gasteiger partial charge in [-0.2, -0.15) is 0 Å². The second-order valence-electron chi connectivity index (χ2n) is 3.73. The lowest BCUT2D eigenvalue weighted by Crippen LogP contribution is -2.45. The predicted molar refractivity (Wildman–Crippen MR) is 48.6 cm³/mol. The molecule has 12 heavy (non-hydrogen) atoms. The van der Waals surface area contributed by atoms with Crippen molar-refractivity contribution in [1.82, 2.24) is 9.91 Å². The zero-order valence-corrected chi connectivity index (χ0v) is 7.86. The molecule has 0 aromatic carbocycles. The standard InChI is InChI=1S/C8H17N3O/c1-8(2)7-10-3-5-11(9-12)6-4-10/h8H,3-7H2,1-2H3. The monoisotopic (exact) mass is 171 g/mol. The summed E-state index contributed by atoms with van der Waals surface area (Å²) in [6.07, 6.45) is 0. The molecule has 4 heteroatoms. The van der Waals surface area contributed by atoms with Gasteiger partial charge in [0.05, 0.1) is 18.4 Å². The van der Waals surface area contributed by atoms with E-state index in [0.717, 1.165) is 32.7 Å². The van der Waals surface area contributed by atoms with Crippen LogP contribution in [-0.2, 0) is 0 Å². The van der Waals surface area contributed by atoms with Gasteiger partial charge in [0.25, 0.3) is 0 Å². The molecule has 0 bridgehead atoms. The van der Waals surface area contributed by atoms with Gasteiger partial charge in [0.2, 0.25) is 0 Å². The molecule has 1 aliphatic heterocycles. The van der Waals surface area contributed by atoms with Gasteiger partial charge >= 0.3 is 0 Å². The van der Waals surface area contributed by atoms with Gasteiger partial charge in [0.15, 0.2) is 0 Å². The number of hydrogen-bond acceptors (Lipinski definition) is 3. The highest BCUT2D eigenvalue weighted by atomic mass is 16.3. The lowest BCUT2D eigenvalue weighted by Gasteiger charge is -2.32. The number of nitrogens with zero attached hydrogens (tertiary/aromatic N) is 3. The predicted octanol–water partition coefficient (Wildman–Crippen LogP) is 0.941. The summed E-state index contributed by atoms with van der Waals surface area (Å²) in [7, 11) is 0. The topological polar surface area (TPSA) is 35.9 Å². The van der Waals surface area contributed by atoms with E-state index in [9.17, 15) is 4.91 Å². The summed E-state index contributed by atoms with van der Waals surface area (Å²) in [5.41, 5.74) is 0. The van der Waals surface area contributed by atoms with Crippen LogP contribution in [0.25, 0.3) is 0 Å². The Hall–Kier alpha value is -0.640. The number of hydrogen-bond donors (Lipinski definition) is 0. The maximum atomic E-state index is 10.1. The van der Waals surface area contributed by atoms with Gasteiger partial charge in [0.1, 0.15) is 0 Å². The summed E-state index contributed by atoms with van der Waals surface area (Å²) < 4.78 is 0. The average molecular weight is 171 g/mol. The molecule has 0 atom stereocenters. The minimum absolute atomic E-state index is 0.709. The van der Waals surface area contributed by atoms with E-state index in [1.165, 1.54) is 0 Å². The average Bonchev–Trinajstić information content (AvgIpc) is 2.05. The minimum atomic E-state index is 0.709. The van der Waals surface area contributed by atoms with Crippen molar-refractivity contribution in [3.8, 4) is 0 Å². The molecule has 0 radical (unpaired) electrons. The Bertz CT molecular complexity index is 141. The van der Waals surface area contributed by atoms with Gasteiger partial charge in [-0.15, -0.1) is 4.91 Å². The SMILES string of the molecule is CC(C)CN1CCN(N=O)CC1. The van der Waals surface area contributed by atoms with Gasteiger partial charge in [-0.3, -0.25) is 9.91 Å². The molecule has 70 valence electrons. The second-order valence-corrected chi connectivity index (χ2v) is 3.73. The van der Waals surface area contributed by atoms with Crippen molar-refractivity contribution >= 4 is 0 Å². The normalized spacial score (nSPS) is 20.1. The van der Waals surface area contributed by atoms with E-state index in [4.69, 9.17) is 0 Å². The van der Waals surface area contributed by atoms with Crippen molar-refractivity contribution in [2.75, 3.05) is 32.7 Å². The molecule has 0 unspecified atom stereocenters. The summed E-state index contributed by atoms with van der Waals surface area (Å²) >= 11 is 0. The van der Waals surface area contributed by atoms with Crippen molar-refractivity contribution in [2.45, 2.75) is 13.8 Å². The Morgan fingerprint density at radius 3 is 2.25 bits per heavy atom. The highest BCUT2D eigenvalue weighted by molar-refractivity contribution is 4.69. The van der Waals surface area contributed by atoms with E-state index in [2.05, 4.69) is 24.0 Å². The largest absolute Gasteiger partial charge is 0.299 e. The van der Waals surface area contributed by atoms with Crippen LogP contribution in [0.1, 0.15) is 13.8 Å². The summed E-state index contributed by atoms with van der Waals surface area (Å²) in [6.45, 7) is 9.08. The van der Waals surface area contributed by atoms with Crippen molar-refractivity contribution < 1.29 is 0 Å². The van der Waals surface area contributed by atoms with E-state index in [1.807, 2.05) is 0 Å². The van der Waals surface area contributed by atoms with Gasteiger partial charge in [0, 0.05) is 19.6 Å². The molecule has 1 rings (SSSR count). The van der Waals surface area contributed by atoms with Crippen LogP contribution in [0.4, 0.5) is 0 Å². The Kier molecular flexibility index (Phi) is 3.47. The Morgan fingerprint density at radius 2 is 1.83 bits per heavy atom. The van der Waals surface area contributed by atoms with E-state index >= 15 is 0 Å². The maximum absolute atomic E-state index is 10.1. The van der Waals surface area contributed by atoms with Gasteiger partial charge in [-0.1, -0.05) is 13.8 Å². The second kappa shape index (κ2) is 4.40. The Balaban J connectivity index is 2.21. The molecule has 1 saturated heterocycles. The molecule has 0 aromatic rings. The number of piperazine rings is 1. The van der Waals surface area contributed by atoms with Crippen molar-refractivity contribution in [1.29, 1.82) is 0 Å². The summed E-state index contributed by atoms with van der Waals surface area (Å²) in [5.74, 6) is 0.709. The number of nitroso groups, excluding NO2 is 1. The highest BCUT2D eigenvalue weighted by Gasteiger charge is 2.16. The first-order chi connectivity index (χ1) is 5.72. The van der Waals surface area contributed by atoms with Gasteiger partial charge in [-0.25, -0.2) is 0 Å². The first kappa shape index (κ1) is 9.45. The summed E-state index contributed by atoms with van der Waals surface area (Å²) in [5, 5.41) is 4.51. The van der Waals surface area contributed by atoms with Crippen molar-refractivity contribution in [3.05, 3.63) is 4.91 Å². The van der Waals surface area contributed by atoms with E-state index in [1.54, 1.807) is 5.01 Å². The zero-order valence-electron chi connectivity index (χ0n) is 7.86. The molecule has 0 amide bonds. The van der Waals surface area contributed by atoms with Crippen LogP contribution in [0, 0.1) is 10.8 Å². The van der Waals surface area contributed by atoms with Gasteiger partial charge in [-0.05, 0) is 5.92 Å². The first-order valence-electron chi connectivity index (χ1n) is 4.53. The molecule has 4 nitrogen and oxygen atoms in total. The Morgan fingerprint density at radius 1 is 1.25 bits per heavy atom. The van der Waals surface area contributed by atoms with Crippen LogP contribution < -0.4 is 0 Å². The fourth-order valence-corrected chi connectivity index (χ4v) is 1.52. The Labute approximate surface area is 73.5 Å². The zero-order chi connectivity index (χ0) is 8.97. The molecule has 0 N–H and O–H groups in total. The van der Waals surface area contributed by atoms with Crippen molar-refractivity contribution in [2.24, 2.45) is 11.2 Å². The van der Waals surface area contributed by atoms with E-state index < -0.39 is 0 Å². The lowest BCUT2D eigenvalue weighted by atomic mass is 10.2. The molecule has 1 aliphatic rings. The number of rotatable bonds is 3. The smallest absolute Gasteiger partial charge is 0.0524 e. The van der Waals surface area contributed by atoms with E-state index in [-0.39, 0.29) is 0 Å². The van der Waals surface area contributed by atoms with Crippen LogP contribution in [0.5, 0.6) is 0 Å². The van der Waals surface area contributed by atoms with Crippen molar-refractivity contribution in [3.63, 3.8) is 0 Å². The molecular weight excluding hydrogens is 154 g/mol. The molecule has 1 fully saturated rings. The third kappa shape index (κ3) is 2.77. The van der Waals surface area contributed by atoms with Crippen LogP contribution in [0.2, 0.25) is 0 Å². The maximum Gasteiger partial charge on any atom is 0.0524 e.